The van der Waals surface area contributed by atoms with Crippen LogP contribution in [0, 0.1) is 0 Å². The Morgan fingerprint density at radius 1 is 1.15 bits per heavy atom. The zero-order valence-electron chi connectivity index (χ0n) is 12.0. The van der Waals surface area contributed by atoms with Crippen molar-refractivity contribution in [2.45, 2.75) is 6.61 Å². The first-order valence-electron chi connectivity index (χ1n) is 6.27. The summed E-state index contributed by atoms with van der Waals surface area (Å²) in [6, 6.07) is 9.41. The summed E-state index contributed by atoms with van der Waals surface area (Å²) < 4.78 is 14.2. The lowest BCUT2D eigenvalue weighted by molar-refractivity contribution is 0.103. The Hall–Kier alpha value is -1.63. The minimum absolute atomic E-state index is 0.0829. The Morgan fingerprint density at radius 2 is 1.75 bits per heavy atom. The Bertz CT molecular complexity index is 328. The van der Waals surface area contributed by atoms with Crippen LogP contribution in [0.5, 0.6) is 0 Å². The van der Waals surface area contributed by atoms with Crippen molar-refractivity contribution in [3.63, 3.8) is 0 Å². The van der Waals surface area contributed by atoms with Gasteiger partial charge in [0.2, 0.25) is 0 Å². The summed E-state index contributed by atoms with van der Waals surface area (Å²) >= 11 is 0. The molecule has 114 valence electrons. The minimum atomic E-state index is -0.511. The highest BCUT2D eigenvalue weighted by atomic mass is 16.5. The number of ether oxygens (including phenoxy) is 3. The van der Waals surface area contributed by atoms with Crippen LogP contribution < -0.4 is 5.32 Å². The highest BCUT2D eigenvalue weighted by molar-refractivity contribution is 5.67. The number of carbonyl (C=O) groups excluding carboxylic acids is 1. The summed E-state index contributed by atoms with van der Waals surface area (Å²) in [4.78, 5) is 10.9. The first-order valence-corrected chi connectivity index (χ1v) is 6.27. The van der Waals surface area contributed by atoms with Gasteiger partial charge in [-0.3, -0.25) is 0 Å². The molecule has 0 atom stereocenters. The SMILES string of the molecule is COCCOC.O=C(NCCO)OCc1ccccc1. The summed E-state index contributed by atoms with van der Waals surface area (Å²) in [5.41, 5.74) is 0.937. The first-order chi connectivity index (χ1) is 9.74. The molecule has 20 heavy (non-hydrogen) atoms. The smallest absolute Gasteiger partial charge is 0.407 e. The van der Waals surface area contributed by atoms with Gasteiger partial charge in [-0.25, -0.2) is 4.79 Å². The molecule has 0 aliphatic carbocycles. The van der Waals surface area contributed by atoms with E-state index in [1.165, 1.54) is 0 Å². The number of rotatable bonds is 7. The van der Waals surface area contributed by atoms with Crippen LogP contribution in [0.1, 0.15) is 5.56 Å². The van der Waals surface area contributed by atoms with Gasteiger partial charge in [0.1, 0.15) is 6.61 Å². The number of benzene rings is 1. The summed E-state index contributed by atoms with van der Waals surface area (Å²) in [6.07, 6.45) is -0.511. The Labute approximate surface area is 119 Å². The van der Waals surface area contributed by atoms with Gasteiger partial charge in [0, 0.05) is 20.8 Å². The fourth-order valence-electron chi connectivity index (χ4n) is 1.10. The molecular weight excluding hydrogens is 262 g/mol. The molecule has 0 bridgehead atoms. The van der Waals surface area contributed by atoms with E-state index in [2.05, 4.69) is 14.8 Å². The van der Waals surface area contributed by atoms with Gasteiger partial charge in [-0.15, -0.1) is 0 Å². The summed E-state index contributed by atoms with van der Waals surface area (Å²) in [5, 5.41) is 10.8. The number of amides is 1. The van der Waals surface area contributed by atoms with Gasteiger partial charge in [-0.2, -0.15) is 0 Å². The summed E-state index contributed by atoms with van der Waals surface area (Å²) in [5.74, 6) is 0. The quantitative estimate of drug-likeness (QED) is 0.736. The van der Waals surface area contributed by atoms with E-state index in [0.717, 1.165) is 5.56 Å². The third-order valence-corrected chi connectivity index (χ3v) is 2.09. The van der Waals surface area contributed by atoms with Crippen molar-refractivity contribution in [2.24, 2.45) is 0 Å². The number of hydrogen-bond donors (Lipinski definition) is 2. The van der Waals surface area contributed by atoms with Crippen LogP contribution in [0.15, 0.2) is 30.3 Å². The fraction of sp³-hybridized carbons (Fsp3) is 0.500. The molecule has 1 rings (SSSR count). The van der Waals surface area contributed by atoms with Gasteiger partial charge in [-0.1, -0.05) is 30.3 Å². The van der Waals surface area contributed by atoms with E-state index >= 15 is 0 Å². The molecule has 0 spiro atoms. The lowest BCUT2D eigenvalue weighted by Crippen LogP contribution is -2.26. The molecule has 0 aliphatic heterocycles. The maximum absolute atomic E-state index is 10.9. The van der Waals surface area contributed by atoms with Crippen LogP contribution in [0.4, 0.5) is 4.79 Å². The number of hydrogen-bond acceptors (Lipinski definition) is 5. The van der Waals surface area contributed by atoms with Crippen molar-refractivity contribution in [1.29, 1.82) is 0 Å². The van der Waals surface area contributed by atoms with Crippen LogP contribution in [0.25, 0.3) is 0 Å². The van der Waals surface area contributed by atoms with Crippen LogP contribution in [-0.4, -0.2) is 51.8 Å². The standard InChI is InChI=1S/C10H13NO3.C4H10O2/c12-7-6-11-10(13)14-8-9-4-2-1-3-5-9;1-5-3-4-6-2/h1-5,12H,6-8H2,(H,11,13);3-4H2,1-2H3. The molecular formula is C14H23NO5. The molecule has 0 unspecified atom stereocenters. The van der Waals surface area contributed by atoms with E-state index in [0.29, 0.717) is 13.2 Å². The highest BCUT2D eigenvalue weighted by Gasteiger charge is 2.00. The van der Waals surface area contributed by atoms with Crippen molar-refractivity contribution in [3.8, 4) is 0 Å². The Kier molecular flexibility index (Phi) is 12.7. The largest absolute Gasteiger partial charge is 0.445 e. The lowest BCUT2D eigenvalue weighted by Gasteiger charge is -2.05. The zero-order valence-corrected chi connectivity index (χ0v) is 12.0. The second-order valence-electron chi connectivity index (χ2n) is 3.70. The average molecular weight is 285 g/mol. The maximum atomic E-state index is 10.9. The summed E-state index contributed by atoms with van der Waals surface area (Å²) in [6.45, 7) is 1.76. The predicted octanol–water partition coefficient (Wildman–Crippen LogP) is 1.18. The van der Waals surface area contributed by atoms with Gasteiger partial charge in [0.15, 0.2) is 0 Å². The van der Waals surface area contributed by atoms with Gasteiger partial charge < -0.3 is 24.6 Å². The first kappa shape index (κ1) is 18.4. The van der Waals surface area contributed by atoms with Crippen molar-refractivity contribution < 1.29 is 24.1 Å². The fourth-order valence-corrected chi connectivity index (χ4v) is 1.10. The molecule has 1 aromatic rings. The summed E-state index contributed by atoms with van der Waals surface area (Å²) in [7, 11) is 3.30. The van der Waals surface area contributed by atoms with Crippen molar-refractivity contribution in [3.05, 3.63) is 35.9 Å². The molecule has 1 aromatic carbocycles. The van der Waals surface area contributed by atoms with E-state index < -0.39 is 6.09 Å². The molecule has 0 saturated heterocycles. The lowest BCUT2D eigenvalue weighted by atomic mass is 10.2. The molecule has 0 fully saturated rings. The van der Waals surface area contributed by atoms with Crippen LogP contribution in [0.3, 0.4) is 0 Å². The molecule has 0 saturated carbocycles. The monoisotopic (exact) mass is 285 g/mol. The second-order valence-corrected chi connectivity index (χ2v) is 3.70. The van der Waals surface area contributed by atoms with Crippen LogP contribution in [-0.2, 0) is 20.8 Å². The molecule has 0 aromatic heterocycles. The third kappa shape index (κ3) is 11.5. The van der Waals surface area contributed by atoms with E-state index in [9.17, 15) is 4.79 Å². The number of alkyl carbamates (subject to hydrolysis) is 1. The zero-order chi connectivity index (χ0) is 15.1. The average Bonchev–Trinajstić information content (AvgIpc) is 2.50. The number of nitrogens with one attached hydrogen (secondary N) is 1. The molecule has 0 heterocycles. The van der Waals surface area contributed by atoms with Gasteiger partial charge in [0.25, 0.3) is 0 Å². The molecule has 1 amide bonds. The van der Waals surface area contributed by atoms with E-state index in [-0.39, 0.29) is 19.8 Å². The Balaban J connectivity index is 0.000000511. The van der Waals surface area contributed by atoms with Gasteiger partial charge in [-0.05, 0) is 5.56 Å². The topological polar surface area (TPSA) is 77.0 Å². The van der Waals surface area contributed by atoms with Gasteiger partial charge >= 0.3 is 6.09 Å². The number of carbonyl (C=O) groups is 1. The van der Waals surface area contributed by atoms with E-state index in [1.807, 2.05) is 30.3 Å². The normalized spacial score (nSPS) is 9.35. The second kappa shape index (κ2) is 13.8. The predicted molar refractivity (Wildman–Crippen MR) is 75.5 cm³/mol. The maximum Gasteiger partial charge on any atom is 0.407 e. The molecule has 0 radical (unpaired) electrons. The Morgan fingerprint density at radius 3 is 2.25 bits per heavy atom. The van der Waals surface area contributed by atoms with Crippen molar-refractivity contribution in [2.75, 3.05) is 40.6 Å². The molecule has 6 heteroatoms. The van der Waals surface area contributed by atoms with Crippen molar-refractivity contribution in [1.82, 2.24) is 5.32 Å². The van der Waals surface area contributed by atoms with Crippen LogP contribution in [0.2, 0.25) is 0 Å². The minimum Gasteiger partial charge on any atom is -0.445 e. The molecule has 0 aliphatic rings. The number of aliphatic hydroxyl groups is 1. The van der Waals surface area contributed by atoms with Crippen molar-refractivity contribution >= 4 is 6.09 Å². The van der Waals surface area contributed by atoms with E-state index in [4.69, 9.17) is 9.84 Å². The molecule has 2 N–H and O–H groups in total. The molecule has 6 nitrogen and oxygen atoms in total. The number of methoxy groups -OCH3 is 2. The van der Waals surface area contributed by atoms with Gasteiger partial charge in [0.05, 0.1) is 19.8 Å². The van der Waals surface area contributed by atoms with Crippen LogP contribution >= 0.6 is 0 Å². The van der Waals surface area contributed by atoms with E-state index in [1.54, 1.807) is 14.2 Å². The highest BCUT2D eigenvalue weighted by Crippen LogP contribution is 2.00. The third-order valence-electron chi connectivity index (χ3n) is 2.09. The number of aliphatic hydroxyl groups excluding tert-OH is 1.